The molecule has 4 aromatic carbocycles. The maximum Gasteiger partial charge on any atom is 0.573 e. The van der Waals surface area contributed by atoms with E-state index in [1.54, 1.807) is 23.4 Å². The van der Waals surface area contributed by atoms with Gasteiger partial charge in [-0.2, -0.15) is 0 Å². The molecule has 2 heterocycles. The number of para-hydroxylation sites is 1. The third kappa shape index (κ3) is 4.90. The first-order chi connectivity index (χ1) is 19.2. The highest BCUT2D eigenvalue weighted by Gasteiger charge is 2.32. The van der Waals surface area contributed by atoms with Crippen molar-refractivity contribution in [1.29, 1.82) is 0 Å². The number of carbonyl (C=O) groups is 1. The van der Waals surface area contributed by atoms with Crippen LogP contribution in [0.4, 0.5) is 18.9 Å². The average molecular weight is 561 g/mol. The van der Waals surface area contributed by atoms with Crippen LogP contribution in [0.5, 0.6) is 5.75 Å². The highest BCUT2D eigenvalue weighted by atomic mass is 32.2. The van der Waals surface area contributed by atoms with Crippen LogP contribution in [0.15, 0.2) is 84.1 Å². The Morgan fingerprint density at radius 2 is 1.75 bits per heavy atom. The first-order valence-electron chi connectivity index (χ1n) is 12.5. The number of anilines is 1. The maximum absolute atomic E-state index is 12.7. The fourth-order valence-electron chi connectivity index (χ4n) is 4.99. The van der Waals surface area contributed by atoms with Crippen LogP contribution in [0, 0.1) is 13.8 Å². The lowest BCUT2D eigenvalue weighted by atomic mass is 10.1. The molecule has 0 N–H and O–H groups in total. The number of rotatable bonds is 5. The molecular weight excluding hydrogens is 537 g/mol. The Kier molecular flexibility index (Phi) is 6.50. The van der Waals surface area contributed by atoms with Crippen molar-refractivity contribution in [2.75, 3.05) is 10.7 Å². The van der Waals surface area contributed by atoms with Gasteiger partial charge >= 0.3 is 6.36 Å². The van der Waals surface area contributed by atoms with Crippen LogP contribution in [-0.2, 0) is 11.3 Å². The number of fused-ring (bicyclic) bond motifs is 3. The normalized spacial score (nSPS) is 15.1. The zero-order valence-electron chi connectivity index (χ0n) is 21.6. The van der Waals surface area contributed by atoms with Gasteiger partial charge in [-0.1, -0.05) is 48.2 Å². The number of amides is 1. The summed E-state index contributed by atoms with van der Waals surface area (Å²) in [5, 5.41) is 2.64. The minimum atomic E-state index is -4.74. The number of hydrogen-bond acceptors (Lipinski definition) is 5. The Morgan fingerprint density at radius 1 is 1.00 bits per heavy atom. The number of carbonyl (C=O) groups excluding carboxylic acids is 1. The molecular formula is C30H23F3N4O2S. The highest BCUT2D eigenvalue weighted by molar-refractivity contribution is 8.15. The molecule has 1 aliphatic heterocycles. The second kappa shape index (κ2) is 10.0. The molecule has 6 nitrogen and oxygen atoms in total. The Labute approximate surface area is 232 Å². The van der Waals surface area contributed by atoms with E-state index < -0.39 is 6.36 Å². The lowest BCUT2D eigenvalue weighted by molar-refractivity contribution is -0.274. The monoisotopic (exact) mass is 560 g/mol. The fourth-order valence-corrected chi connectivity index (χ4v) is 5.85. The maximum atomic E-state index is 12.7. The predicted octanol–water partition coefficient (Wildman–Crippen LogP) is 7.33. The fraction of sp³-hybridized carbons (Fsp3) is 0.167. The van der Waals surface area contributed by atoms with E-state index >= 15 is 0 Å². The Balaban J connectivity index is 1.27. The van der Waals surface area contributed by atoms with E-state index in [4.69, 9.17) is 4.99 Å². The Morgan fingerprint density at radius 3 is 2.48 bits per heavy atom. The number of hydrogen-bond donors (Lipinski definition) is 0. The summed E-state index contributed by atoms with van der Waals surface area (Å²) in [5.41, 5.74) is 6.24. The molecule has 1 saturated heterocycles. The van der Waals surface area contributed by atoms with Crippen LogP contribution in [0.1, 0.15) is 16.7 Å². The first-order valence-corrected chi connectivity index (χ1v) is 13.5. The Hall–Kier alpha value is -4.31. The lowest BCUT2D eigenvalue weighted by Gasteiger charge is -2.21. The molecule has 0 bridgehead atoms. The van der Waals surface area contributed by atoms with E-state index in [1.165, 1.54) is 23.9 Å². The second-order valence-corrected chi connectivity index (χ2v) is 10.4. The molecule has 6 rings (SSSR count). The highest BCUT2D eigenvalue weighted by Crippen LogP contribution is 2.33. The van der Waals surface area contributed by atoms with Gasteiger partial charge in [-0.3, -0.25) is 19.3 Å². The molecule has 1 fully saturated rings. The van der Waals surface area contributed by atoms with Crippen molar-refractivity contribution in [2.45, 2.75) is 26.8 Å². The summed E-state index contributed by atoms with van der Waals surface area (Å²) < 4.78 is 43.3. The summed E-state index contributed by atoms with van der Waals surface area (Å²) >= 11 is 1.45. The van der Waals surface area contributed by atoms with Crippen molar-refractivity contribution in [3.05, 3.63) is 95.8 Å². The molecule has 1 aromatic heterocycles. The van der Waals surface area contributed by atoms with Crippen LogP contribution in [0.2, 0.25) is 0 Å². The quantitative estimate of drug-likeness (QED) is 0.226. The number of ether oxygens (including phenoxy) is 1. The zero-order valence-corrected chi connectivity index (χ0v) is 22.4. The minimum absolute atomic E-state index is 0.0279. The number of aryl methyl sites for hydroxylation is 2. The summed E-state index contributed by atoms with van der Waals surface area (Å²) in [6.45, 7) is 4.42. The number of aromatic nitrogens is 2. The van der Waals surface area contributed by atoms with Crippen molar-refractivity contribution in [2.24, 2.45) is 4.99 Å². The summed E-state index contributed by atoms with van der Waals surface area (Å²) in [7, 11) is 0. The standard InChI is InChI=1S/C30H23F3N4O2S/c1-18-4-3-5-19(2)28(18)37-26(38)16-40-29(37)34-15-20-6-12-24-21(14-20)7-13-25-27(24)35-17-36(25)22-8-10-23(11-9-22)39-30(31,32)33/h3-14,17H,15-16H2,1-2H3. The molecule has 0 atom stereocenters. The average Bonchev–Trinajstić information content (AvgIpc) is 3.51. The van der Waals surface area contributed by atoms with E-state index in [0.29, 0.717) is 23.2 Å². The van der Waals surface area contributed by atoms with Gasteiger partial charge in [0.05, 0.1) is 29.0 Å². The number of thioether (sulfide) groups is 1. The van der Waals surface area contributed by atoms with Crippen molar-refractivity contribution in [3.8, 4) is 11.4 Å². The molecule has 0 spiro atoms. The minimum Gasteiger partial charge on any atom is -0.406 e. The molecule has 0 saturated carbocycles. The SMILES string of the molecule is Cc1cccc(C)c1N1C(=O)CSC1=NCc1ccc2c(ccc3c2ncn3-c2ccc(OC(F)(F)F)cc2)c1. The molecule has 0 radical (unpaired) electrons. The first kappa shape index (κ1) is 25.9. The second-order valence-electron chi connectivity index (χ2n) is 9.50. The predicted molar refractivity (Wildman–Crippen MR) is 152 cm³/mol. The smallest absolute Gasteiger partial charge is 0.406 e. The number of nitrogens with zero attached hydrogens (tertiary/aromatic N) is 4. The van der Waals surface area contributed by atoms with Crippen LogP contribution in [-0.4, -0.2) is 32.7 Å². The van der Waals surface area contributed by atoms with E-state index in [1.807, 2.05) is 60.9 Å². The van der Waals surface area contributed by atoms with Gasteiger partial charge in [-0.15, -0.1) is 13.2 Å². The molecule has 202 valence electrons. The third-order valence-corrected chi connectivity index (χ3v) is 7.73. The van der Waals surface area contributed by atoms with E-state index in [0.717, 1.165) is 44.2 Å². The molecule has 10 heteroatoms. The van der Waals surface area contributed by atoms with Crippen molar-refractivity contribution in [3.63, 3.8) is 0 Å². The topological polar surface area (TPSA) is 59.7 Å². The summed E-state index contributed by atoms with van der Waals surface area (Å²) in [6.07, 6.45) is -3.08. The van der Waals surface area contributed by atoms with Crippen LogP contribution >= 0.6 is 11.8 Å². The van der Waals surface area contributed by atoms with Crippen LogP contribution in [0.3, 0.4) is 0 Å². The molecule has 5 aromatic rings. The summed E-state index contributed by atoms with van der Waals surface area (Å²) in [6, 6.07) is 21.6. The molecule has 0 unspecified atom stereocenters. The van der Waals surface area contributed by atoms with E-state index in [9.17, 15) is 18.0 Å². The number of amidine groups is 1. The molecule has 40 heavy (non-hydrogen) atoms. The largest absolute Gasteiger partial charge is 0.573 e. The van der Waals surface area contributed by atoms with Gasteiger partial charge in [-0.05, 0) is 72.3 Å². The number of imidazole rings is 1. The number of aliphatic imine (C=N–C) groups is 1. The molecule has 1 aliphatic rings. The van der Waals surface area contributed by atoms with Gasteiger partial charge < -0.3 is 4.74 Å². The molecule has 1 amide bonds. The summed E-state index contributed by atoms with van der Waals surface area (Å²) in [5.74, 6) is 0.114. The van der Waals surface area contributed by atoms with Crippen LogP contribution in [0.25, 0.3) is 27.5 Å². The van der Waals surface area contributed by atoms with Gasteiger partial charge in [0.1, 0.15) is 12.1 Å². The van der Waals surface area contributed by atoms with Gasteiger partial charge in [0.25, 0.3) is 0 Å². The van der Waals surface area contributed by atoms with E-state index in [-0.39, 0.29) is 11.7 Å². The van der Waals surface area contributed by atoms with Crippen LogP contribution < -0.4 is 9.64 Å². The summed E-state index contributed by atoms with van der Waals surface area (Å²) in [4.78, 5) is 23.9. The Bertz CT molecular complexity index is 1780. The van der Waals surface area contributed by atoms with Crippen molar-refractivity contribution >= 4 is 50.3 Å². The number of alkyl halides is 3. The van der Waals surface area contributed by atoms with Gasteiger partial charge in [0.2, 0.25) is 5.91 Å². The number of benzene rings is 4. The van der Waals surface area contributed by atoms with Gasteiger partial charge in [0.15, 0.2) is 5.17 Å². The zero-order chi connectivity index (χ0) is 28.0. The number of halogens is 3. The van der Waals surface area contributed by atoms with Gasteiger partial charge in [0, 0.05) is 11.1 Å². The lowest BCUT2D eigenvalue weighted by Crippen LogP contribution is -2.30. The molecule has 0 aliphatic carbocycles. The van der Waals surface area contributed by atoms with Crippen molar-refractivity contribution in [1.82, 2.24) is 9.55 Å². The van der Waals surface area contributed by atoms with Gasteiger partial charge in [-0.25, -0.2) is 4.98 Å². The van der Waals surface area contributed by atoms with E-state index in [2.05, 4.69) is 15.8 Å². The van der Waals surface area contributed by atoms with Crippen molar-refractivity contribution < 1.29 is 22.7 Å². The third-order valence-electron chi connectivity index (χ3n) is 6.77.